The van der Waals surface area contributed by atoms with E-state index in [0.717, 1.165) is 32.7 Å². The van der Waals surface area contributed by atoms with Gasteiger partial charge in [0, 0.05) is 38.1 Å². The van der Waals surface area contributed by atoms with Crippen molar-refractivity contribution in [1.29, 1.82) is 0 Å². The van der Waals surface area contributed by atoms with Crippen LogP contribution in [-0.2, 0) is 0 Å². The molecule has 1 amide bonds. The molecule has 26 heavy (non-hydrogen) atoms. The molecule has 2 heterocycles. The molecule has 2 aromatic rings. The number of amides is 1. The summed E-state index contributed by atoms with van der Waals surface area (Å²) in [6.07, 6.45) is 1.57. The number of benzene rings is 1. The predicted octanol–water partition coefficient (Wildman–Crippen LogP) is 2.63. The Hall–Kier alpha value is -2.54. The van der Waals surface area contributed by atoms with Crippen molar-refractivity contribution < 1.29 is 9.18 Å². The number of halogens is 1. The van der Waals surface area contributed by atoms with Gasteiger partial charge in [0.25, 0.3) is 5.91 Å². The first-order chi connectivity index (χ1) is 12.5. The molecule has 0 radical (unpaired) electrons. The van der Waals surface area contributed by atoms with E-state index in [4.69, 9.17) is 0 Å². The summed E-state index contributed by atoms with van der Waals surface area (Å²) in [6.45, 7) is 10.5. The molecule has 1 aliphatic rings. The Kier molecular flexibility index (Phi) is 5.46. The van der Waals surface area contributed by atoms with Gasteiger partial charge >= 0.3 is 0 Å². The Morgan fingerprint density at radius 3 is 2.58 bits per heavy atom. The molecule has 1 aromatic carbocycles. The first-order valence-corrected chi connectivity index (χ1v) is 8.86. The molecule has 0 saturated carbocycles. The summed E-state index contributed by atoms with van der Waals surface area (Å²) in [4.78, 5) is 26.0. The first-order valence-electron chi connectivity index (χ1n) is 8.86. The normalized spacial score (nSPS) is 15.2. The van der Waals surface area contributed by atoms with Gasteiger partial charge in [0.1, 0.15) is 5.82 Å². The van der Waals surface area contributed by atoms with Gasteiger partial charge in [-0.1, -0.05) is 6.92 Å². The molecule has 1 aliphatic heterocycles. The third kappa shape index (κ3) is 3.99. The maximum Gasteiger partial charge on any atom is 0.259 e. The molecule has 1 aromatic heterocycles. The van der Waals surface area contributed by atoms with Gasteiger partial charge in [0.05, 0.1) is 11.3 Å². The van der Waals surface area contributed by atoms with Crippen molar-refractivity contribution in [3.05, 3.63) is 47.0 Å². The number of nitrogens with zero attached hydrogens (tertiary/aromatic N) is 4. The maximum absolute atomic E-state index is 13.2. The van der Waals surface area contributed by atoms with E-state index in [2.05, 4.69) is 32.0 Å². The highest BCUT2D eigenvalue weighted by Crippen LogP contribution is 2.18. The maximum atomic E-state index is 13.2. The van der Waals surface area contributed by atoms with E-state index in [9.17, 15) is 9.18 Å². The lowest BCUT2D eigenvalue weighted by atomic mass is 10.1. The number of carbonyl (C=O) groups excluding carboxylic acids is 1. The lowest BCUT2D eigenvalue weighted by molar-refractivity contribution is 0.102. The minimum Gasteiger partial charge on any atom is -0.338 e. The highest BCUT2D eigenvalue weighted by molar-refractivity contribution is 6.05. The quantitative estimate of drug-likeness (QED) is 0.911. The molecule has 0 unspecified atom stereocenters. The molecular weight excluding hydrogens is 333 g/mol. The van der Waals surface area contributed by atoms with Crippen LogP contribution in [0.1, 0.15) is 28.5 Å². The van der Waals surface area contributed by atoms with Crippen LogP contribution in [0.25, 0.3) is 0 Å². The zero-order chi connectivity index (χ0) is 18.7. The van der Waals surface area contributed by atoms with Crippen molar-refractivity contribution in [2.45, 2.75) is 20.8 Å². The standard InChI is InChI=1S/C19H24FN5O/c1-4-24-7-9-25(10-8-24)19-21-12-16(14(3)22-19)18(26)23-17-6-5-15(20)11-13(17)2/h5-6,11-12H,4,7-10H2,1-3H3,(H,23,26). The van der Waals surface area contributed by atoms with Crippen LogP contribution in [0.3, 0.4) is 0 Å². The zero-order valence-corrected chi connectivity index (χ0v) is 15.4. The third-order valence-corrected chi connectivity index (χ3v) is 4.75. The second-order valence-electron chi connectivity index (χ2n) is 6.50. The van der Waals surface area contributed by atoms with Crippen molar-refractivity contribution in [3.8, 4) is 0 Å². The SMILES string of the molecule is CCN1CCN(c2ncc(C(=O)Nc3ccc(F)cc3C)c(C)n2)CC1. The van der Waals surface area contributed by atoms with Crippen LogP contribution in [0, 0.1) is 19.7 Å². The van der Waals surface area contributed by atoms with Gasteiger partial charge in [0.2, 0.25) is 5.95 Å². The Labute approximate surface area is 153 Å². The van der Waals surface area contributed by atoms with E-state index in [1.807, 2.05) is 0 Å². The Morgan fingerprint density at radius 1 is 1.23 bits per heavy atom. The van der Waals surface area contributed by atoms with E-state index < -0.39 is 0 Å². The van der Waals surface area contributed by atoms with Crippen LogP contribution >= 0.6 is 0 Å². The van der Waals surface area contributed by atoms with E-state index in [-0.39, 0.29) is 11.7 Å². The minimum absolute atomic E-state index is 0.292. The lowest BCUT2D eigenvalue weighted by Crippen LogP contribution is -2.46. The average molecular weight is 357 g/mol. The topological polar surface area (TPSA) is 61.4 Å². The van der Waals surface area contributed by atoms with E-state index in [0.29, 0.717) is 28.5 Å². The molecule has 1 N–H and O–H groups in total. The van der Waals surface area contributed by atoms with E-state index >= 15 is 0 Å². The van der Waals surface area contributed by atoms with E-state index in [1.54, 1.807) is 26.1 Å². The summed E-state index contributed by atoms with van der Waals surface area (Å²) in [7, 11) is 0. The fraction of sp³-hybridized carbons (Fsp3) is 0.421. The molecule has 0 bridgehead atoms. The molecule has 6 nitrogen and oxygen atoms in total. The number of aromatic nitrogens is 2. The smallest absolute Gasteiger partial charge is 0.259 e. The van der Waals surface area contributed by atoms with Crippen LogP contribution in [0.4, 0.5) is 16.0 Å². The van der Waals surface area contributed by atoms with Gasteiger partial charge in [-0.2, -0.15) is 0 Å². The van der Waals surface area contributed by atoms with Crippen molar-refractivity contribution in [1.82, 2.24) is 14.9 Å². The number of rotatable bonds is 4. The molecule has 0 aliphatic carbocycles. The fourth-order valence-electron chi connectivity index (χ4n) is 3.05. The van der Waals surface area contributed by atoms with Crippen molar-refractivity contribution in [3.63, 3.8) is 0 Å². The fourth-order valence-corrected chi connectivity index (χ4v) is 3.05. The van der Waals surface area contributed by atoms with Crippen LogP contribution < -0.4 is 10.2 Å². The number of anilines is 2. The molecule has 3 rings (SSSR count). The monoisotopic (exact) mass is 357 g/mol. The minimum atomic E-state index is -0.326. The summed E-state index contributed by atoms with van der Waals surface area (Å²) in [5.74, 6) is 0.0415. The number of hydrogen-bond acceptors (Lipinski definition) is 5. The number of nitrogens with one attached hydrogen (secondary N) is 1. The number of carbonyl (C=O) groups is 1. The Morgan fingerprint density at radius 2 is 1.96 bits per heavy atom. The van der Waals surface area contributed by atoms with Gasteiger partial charge < -0.3 is 15.1 Å². The largest absolute Gasteiger partial charge is 0.338 e. The van der Waals surface area contributed by atoms with E-state index in [1.165, 1.54) is 12.1 Å². The van der Waals surface area contributed by atoms with Crippen molar-refractivity contribution in [2.75, 3.05) is 42.9 Å². The summed E-state index contributed by atoms with van der Waals surface area (Å²) in [6, 6.07) is 4.27. The molecule has 1 fully saturated rings. The summed E-state index contributed by atoms with van der Waals surface area (Å²) in [5, 5.41) is 2.80. The molecule has 1 saturated heterocycles. The highest BCUT2D eigenvalue weighted by atomic mass is 19.1. The summed E-state index contributed by atoms with van der Waals surface area (Å²) >= 11 is 0. The average Bonchev–Trinajstić information content (AvgIpc) is 2.64. The van der Waals surface area contributed by atoms with Gasteiger partial charge in [0.15, 0.2) is 0 Å². The number of piperazine rings is 1. The van der Waals surface area contributed by atoms with Crippen LogP contribution in [-0.4, -0.2) is 53.5 Å². The highest BCUT2D eigenvalue weighted by Gasteiger charge is 2.20. The summed E-state index contributed by atoms with van der Waals surface area (Å²) < 4.78 is 13.2. The zero-order valence-electron chi connectivity index (χ0n) is 15.4. The third-order valence-electron chi connectivity index (χ3n) is 4.75. The van der Waals surface area contributed by atoms with Gasteiger partial charge in [-0.15, -0.1) is 0 Å². The number of aryl methyl sites for hydroxylation is 2. The van der Waals surface area contributed by atoms with Crippen molar-refractivity contribution in [2.24, 2.45) is 0 Å². The second kappa shape index (κ2) is 7.78. The number of hydrogen-bond donors (Lipinski definition) is 1. The predicted molar refractivity (Wildman–Crippen MR) is 100 cm³/mol. The Bertz CT molecular complexity index is 803. The lowest BCUT2D eigenvalue weighted by Gasteiger charge is -2.34. The van der Waals surface area contributed by atoms with Gasteiger partial charge in [-0.25, -0.2) is 14.4 Å². The molecule has 138 valence electrons. The van der Waals surface area contributed by atoms with Gasteiger partial charge in [-0.05, 0) is 44.2 Å². The first kappa shape index (κ1) is 18.3. The Balaban J connectivity index is 1.72. The van der Waals surface area contributed by atoms with Crippen LogP contribution in [0.15, 0.2) is 24.4 Å². The molecular formula is C19H24FN5O. The molecule has 0 spiro atoms. The van der Waals surface area contributed by atoms with Crippen LogP contribution in [0.2, 0.25) is 0 Å². The number of likely N-dealkylation sites (N-methyl/N-ethyl adjacent to an activating group) is 1. The second-order valence-corrected chi connectivity index (χ2v) is 6.50. The summed E-state index contributed by atoms with van der Waals surface area (Å²) in [5.41, 5.74) is 2.30. The van der Waals surface area contributed by atoms with Gasteiger partial charge in [-0.3, -0.25) is 4.79 Å². The molecule has 7 heteroatoms. The van der Waals surface area contributed by atoms with Crippen molar-refractivity contribution >= 4 is 17.5 Å². The van der Waals surface area contributed by atoms with Crippen LogP contribution in [0.5, 0.6) is 0 Å². The molecule has 0 atom stereocenters.